The number of hydrogen-bond acceptors (Lipinski definition) is 5. The molecule has 1 amide bonds. The summed E-state index contributed by atoms with van der Waals surface area (Å²) in [7, 11) is 0. The second-order valence-electron chi connectivity index (χ2n) is 6.24. The highest BCUT2D eigenvalue weighted by Crippen LogP contribution is 2.39. The molecule has 3 rings (SSSR count). The molecule has 23 heavy (non-hydrogen) atoms. The number of rotatable bonds is 6. The maximum Gasteiger partial charge on any atom is 0.234 e. The van der Waals surface area contributed by atoms with Gasteiger partial charge in [0.05, 0.1) is 18.1 Å². The Kier molecular flexibility index (Phi) is 5.14. The monoisotopic (exact) mass is 349 g/mol. The van der Waals surface area contributed by atoms with Crippen molar-refractivity contribution >= 4 is 28.6 Å². The third-order valence-corrected chi connectivity index (χ3v) is 6.64. The van der Waals surface area contributed by atoms with Crippen molar-refractivity contribution in [2.45, 2.75) is 51.1 Å². The predicted molar refractivity (Wildman–Crippen MR) is 95.9 cm³/mol. The molecular weight excluding hydrogens is 326 g/mol. The summed E-state index contributed by atoms with van der Waals surface area (Å²) < 4.78 is 0. The van der Waals surface area contributed by atoms with E-state index in [0.717, 1.165) is 23.5 Å². The van der Waals surface area contributed by atoms with E-state index in [1.807, 2.05) is 25.3 Å². The quantitative estimate of drug-likeness (QED) is 0.835. The molecule has 1 aliphatic rings. The summed E-state index contributed by atoms with van der Waals surface area (Å²) in [6, 6.07) is 4.13. The van der Waals surface area contributed by atoms with Crippen molar-refractivity contribution in [2.24, 2.45) is 0 Å². The van der Waals surface area contributed by atoms with Crippen LogP contribution in [0, 0.1) is 6.92 Å². The van der Waals surface area contributed by atoms with Gasteiger partial charge in [0.1, 0.15) is 5.01 Å². The first kappa shape index (κ1) is 16.6. The van der Waals surface area contributed by atoms with Gasteiger partial charge in [-0.1, -0.05) is 18.9 Å². The molecule has 0 radical (unpaired) electrons. The van der Waals surface area contributed by atoms with Gasteiger partial charge >= 0.3 is 0 Å². The molecule has 2 aromatic heterocycles. The van der Waals surface area contributed by atoms with Crippen molar-refractivity contribution in [3.05, 3.63) is 38.5 Å². The molecule has 1 aliphatic carbocycles. The van der Waals surface area contributed by atoms with E-state index in [0.29, 0.717) is 6.54 Å². The van der Waals surface area contributed by atoms with Crippen LogP contribution in [0.1, 0.15) is 54.2 Å². The molecule has 0 bridgehead atoms. The largest absolute Gasteiger partial charge is 0.348 e. The Labute approximate surface area is 145 Å². The number of carbonyl (C=O) groups is 1. The van der Waals surface area contributed by atoms with Gasteiger partial charge in [0, 0.05) is 16.0 Å². The van der Waals surface area contributed by atoms with Crippen molar-refractivity contribution in [1.29, 1.82) is 0 Å². The fourth-order valence-electron chi connectivity index (χ4n) is 3.17. The van der Waals surface area contributed by atoms with Crippen LogP contribution in [0.3, 0.4) is 0 Å². The Bertz CT molecular complexity index is 645. The van der Waals surface area contributed by atoms with Crippen LogP contribution >= 0.6 is 22.7 Å². The molecule has 0 aliphatic heterocycles. The van der Waals surface area contributed by atoms with E-state index in [1.165, 1.54) is 17.7 Å². The number of aromatic nitrogens is 1. The molecule has 2 heterocycles. The van der Waals surface area contributed by atoms with Gasteiger partial charge in [0.15, 0.2) is 0 Å². The average molecular weight is 350 g/mol. The number of aryl methyl sites for hydroxylation is 1. The van der Waals surface area contributed by atoms with Crippen LogP contribution in [-0.4, -0.2) is 17.4 Å². The number of nitrogens with zero attached hydrogens (tertiary/aromatic N) is 1. The number of thiazole rings is 1. The third-order valence-electron chi connectivity index (χ3n) is 4.42. The molecular formula is C17H23N3OS2. The summed E-state index contributed by atoms with van der Waals surface area (Å²) in [6.07, 6.45) is 4.51. The van der Waals surface area contributed by atoms with E-state index >= 15 is 0 Å². The zero-order chi connectivity index (χ0) is 16.3. The van der Waals surface area contributed by atoms with Gasteiger partial charge in [-0.25, -0.2) is 4.98 Å². The minimum Gasteiger partial charge on any atom is -0.348 e. The van der Waals surface area contributed by atoms with Crippen LogP contribution in [0.15, 0.2) is 22.9 Å². The molecule has 0 spiro atoms. The van der Waals surface area contributed by atoms with Gasteiger partial charge in [0.25, 0.3) is 0 Å². The summed E-state index contributed by atoms with van der Waals surface area (Å²) in [6.45, 7) is 4.39. The standard InChI is InChI=1S/C17H23N3OS2/c1-12-11-23-16(19-12)17(7-3-4-8-17)18-10-15(21)20-13(2)14-6-5-9-22-14/h5-6,9,11,13,18H,3-4,7-8,10H2,1-2H3,(H,20,21)/t13-/m0/s1. The first-order chi connectivity index (χ1) is 11.1. The lowest BCUT2D eigenvalue weighted by atomic mass is 9.98. The van der Waals surface area contributed by atoms with Crippen LogP contribution < -0.4 is 10.6 Å². The van der Waals surface area contributed by atoms with Crippen molar-refractivity contribution < 1.29 is 4.79 Å². The number of amides is 1. The van der Waals surface area contributed by atoms with Crippen LogP contribution in [0.4, 0.5) is 0 Å². The Morgan fingerprint density at radius 2 is 2.17 bits per heavy atom. The molecule has 1 saturated carbocycles. The minimum absolute atomic E-state index is 0.0467. The van der Waals surface area contributed by atoms with Crippen LogP contribution in [0.2, 0.25) is 0 Å². The lowest BCUT2D eigenvalue weighted by molar-refractivity contribution is -0.121. The first-order valence-corrected chi connectivity index (χ1v) is 9.85. The summed E-state index contributed by atoms with van der Waals surface area (Å²) in [5.41, 5.74) is 0.955. The fraction of sp³-hybridized carbons (Fsp3) is 0.529. The van der Waals surface area contributed by atoms with Gasteiger partial charge in [-0.3, -0.25) is 10.1 Å². The molecule has 1 atom stereocenters. The Morgan fingerprint density at radius 1 is 1.39 bits per heavy atom. The van der Waals surface area contributed by atoms with Crippen molar-refractivity contribution in [2.75, 3.05) is 6.54 Å². The van der Waals surface area contributed by atoms with Crippen molar-refractivity contribution in [1.82, 2.24) is 15.6 Å². The van der Waals surface area contributed by atoms with Gasteiger partial charge < -0.3 is 5.32 Å². The lowest BCUT2D eigenvalue weighted by Crippen LogP contribution is -2.45. The SMILES string of the molecule is Cc1csc(C2(NCC(=O)N[C@@H](C)c3cccs3)CCCC2)n1. The summed E-state index contributed by atoms with van der Waals surface area (Å²) in [5, 5.41) is 11.8. The van der Waals surface area contributed by atoms with Crippen LogP contribution in [0.5, 0.6) is 0 Å². The van der Waals surface area contributed by atoms with E-state index in [1.54, 1.807) is 22.7 Å². The second kappa shape index (κ2) is 7.11. The molecule has 0 saturated heterocycles. The zero-order valence-corrected chi connectivity index (χ0v) is 15.2. The molecule has 1 fully saturated rings. The van der Waals surface area contributed by atoms with Crippen molar-refractivity contribution in [3.63, 3.8) is 0 Å². The first-order valence-electron chi connectivity index (χ1n) is 8.09. The Balaban J connectivity index is 1.60. The molecule has 2 aromatic rings. The van der Waals surface area contributed by atoms with Crippen molar-refractivity contribution in [3.8, 4) is 0 Å². The van der Waals surface area contributed by atoms with E-state index in [2.05, 4.69) is 27.1 Å². The topological polar surface area (TPSA) is 54.0 Å². The summed E-state index contributed by atoms with van der Waals surface area (Å²) >= 11 is 3.38. The van der Waals surface area contributed by atoms with Crippen LogP contribution in [0.25, 0.3) is 0 Å². The summed E-state index contributed by atoms with van der Waals surface area (Å²) in [5.74, 6) is 0.0467. The molecule has 0 aromatic carbocycles. The Hall–Kier alpha value is -1.24. The maximum absolute atomic E-state index is 12.3. The summed E-state index contributed by atoms with van der Waals surface area (Å²) in [4.78, 5) is 18.2. The average Bonchev–Trinajstić information content (AvgIpc) is 3.27. The molecule has 0 unspecified atom stereocenters. The number of carbonyl (C=O) groups excluding carboxylic acids is 1. The van der Waals surface area contributed by atoms with Gasteiger partial charge in [-0.2, -0.15) is 0 Å². The molecule has 124 valence electrons. The predicted octanol–water partition coefficient (Wildman–Crippen LogP) is 3.75. The zero-order valence-electron chi connectivity index (χ0n) is 13.6. The Morgan fingerprint density at radius 3 is 2.78 bits per heavy atom. The van der Waals surface area contributed by atoms with E-state index in [4.69, 9.17) is 0 Å². The highest BCUT2D eigenvalue weighted by Gasteiger charge is 2.38. The number of nitrogens with one attached hydrogen (secondary N) is 2. The highest BCUT2D eigenvalue weighted by molar-refractivity contribution is 7.10. The number of thiophene rings is 1. The number of hydrogen-bond donors (Lipinski definition) is 2. The molecule has 2 N–H and O–H groups in total. The van der Waals surface area contributed by atoms with E-state index in [9.17, 15) is 4.79 Å². The minimum atomic E-state index is -0.109. The van der Waals surface area contributed by atoms with Crippen LogP contribution in [-0.2, 0) is 10.3 Å². The van der Waals surface area contributed by atoms with Gasteiger partial charge in [-0.15, -0.1) is 22.7 Å². The van der Waals surface area contributed by atoms with Gasteiger partial charge in [-0.05, 0) is 38.1 Å². The molecule has 4 nitrogen and oxygen atoms in total. The lowest BCUT2D eigenvalue weighted by Gasteiger charge is -2.28. The van der Waals surface area contributed by atoms with E-state index in [-0.39, 0.29) is 17.5 Å². The fourth-order valence-corrected chi connectivity index (χ4v) is 4.94. The third kappa shape index (κ3) is 3.82. The second-order valence-corrected chi connectivity index (χ2v) is 8.08. The normalized spacial score (nSPS) is 18.0. The molecule has 6 heteroatoms. The highest BCUT2D eigenvalue weighted by atomic mass is 32.1. The maximum atomic E-state index is 12.3. The smallest absolute Gasteiger partial charge is 0.234 e. The van der Waals surface area contributed by atoms with E-state index < -0.39 is 0 Å². The van der Waals surface area contributed by atoms with Gasteiger partial charge in [0.2, 0.25) is 5.91 Å².